The Morgan fingerprint density at radius 3 is 2.62 bits per heavy atom. The minimum absolute atomic E-state index is 0.503. The minimum atomic E-state index is -0.528. The molecule has 5 nitrogen and oxygen atoms in total. The number of nitrogens with one attached hydrogen (secondary N) is 1. The number of aromatic nitrogens is 2. The van der Waals surface area contributed by atoms with E-state index in [4.69, 9.17) is 4.74 Å². The van der Waals surface area contributed by atoms with Gasteiger partial charge in [0.15, 0.2) is 0 Å². The number of carbonyl (C=O) groups is 1. The first-order valence-electron chi connectivity index (χ1n) is 7.36. The van der Waals surface area contributed by atoms with Crippen molar-refractivity contribution in [1.29, 1.82) is 0 Å². The molecule has 24 heavy (non-hydrogen) atoms. The number of benzene rings is 2. The molecule has 0 aliphatic rings. The highest BCUT2D eigenvalue weighted by molar-refractivity contribution is 9.10. The molecule has 0 unspecified atom stereocenters. The van der Waals surface area contributed by atoms with Crippen molar-refractivity contribution >= 4 is 27.7 Å². The third-order valence-electron chi connectivity index (χ3n) is 3.51. The first kappa shape index (κ1) is 16.3. The molecule has 0 saturated carbocycles. The predicted molar refractivity (Wildman–Crippen MR) is 97.2 cm³/mol. The molecule has 122 valence electrons. The quantitative estimate of drug-likeness (QED) is 0.706. The van der Waals surface area contributed by atoms with Crippen LogP contribution in [-0.2, 0) is 7.05 Å². The summed E-state index contributed by atoms with van der Waals surface area (Å²) in [4.78, 5) is 12.0. The molecule has 0 saturated heterocycles. The Labute approximate surface area is 148 Å². The van der Waals surface area contributed by atoms with E-state index in [1.807, 2.05) is 50.4 Å². The van der Waals surface area contributed by atoms with Crippen LogP contribution in [0.1, 0.15) is 5.56 Å². The number of nitrogens with zero attached hydrogens (tertiary/aromatic N) is 2. The first-order valence-corrected chi connectivity index (χ1v) is 8.15. The Balaban J connectivity index is 1.75. The van der Waals surface area contributed by atoms with Crippen molar-refractivity contribution < 1.29 is 9.53 Å². The lowest BCUT2D eigenvalue weighted by Gasteiger charge is -2.09. The minimum Gasteiger partial charge on any atom is -0.410 e. The molecule has 0 radical (unpaired) electrons. The highest BCUT2D eigenvalue weighted by Crippen LogP contribution is 2.29. The number of anilines is 1. The zero-order valence-corrected chi connectivity index (χ0v) is 14.9. The Bertz CT molecular complexity index is 853. The molecule has 0 aliphatic carbocycles. The summed E-state index contributed by atoms with van der Waals surface area (Å²) in [6.45, 7) is 1.98. The number of ether oxygens (including phenoxy) is 1. The van der Waals surface area contributed by atoms with E-state index >= 15 is 0 Å². The largest absolute Gasteiger partial charge is 0.417 e. The van der Waals surface area contributed by atoms with E-state index in [1.54, 1.807) is 23.0 Å². The summed E-state index contributed by atoms with van der Waals surface area (Å²) in [5, 5.41) is 6.94. The number of rotatable bonds is 3. The van der Waals surface area contributed by atoms with Crippen LogP contribution in [0.15, 0.2) is 59.2 Å². The maximum atomic E-state index is 12.0. The van der Waals surface area contributed by atoms with Crippen molar-refractivity contribution in [2.75, 3.05) is 5.32 Å². The van der Waals surface area contributed by atoms with Crippen molar-refractivity contribution in [3.05, 3.63) is 64.8 Å². The molecule has 1 N–H and O–H groups in total. The van der Waals surface area contributed by atoms with Gasteiger partial charge in [-0.3, -0.25) is 10.00 Å². The second-order valence-electron chi connectivity index (χ2n) is 5.37. The molecule has 0 fully saturated rings. The van der Waals surface area contributed by atoms with Crippen LogP contribution in [0, 0.1) is 6.92 Å². The van der Waals surface area contributed by atoms with Gasteiger partial charge in [0.1, 0.15) is 5.75 Å². The van der Waals surface area contributed by atoms with Crippen LogP contribution in [0.25, 0.3) is 11.3 Å². The second-order valence-corrected chi connectivity index (χ2v) is 6.23. The van der Waals surface area contributed by atoms with E-state index in [1.165, 1.54) is 0 Å². The summed E-state index contributed by atoms with van der Waals surface area (Å²) in [5.74, 6) is 0.503. The molecule has 3 aromatic rings. The lowest BCUT2D eigenvalue weighted by molar-refractivity contribution is 0.215. The van der Waals surface area contributed by atoms with Crippen molar-refractivity contribution in [3.8, 4) is 17.0 Å². The second kappa shape index (κ2) is 6.88. The predicted octanol–water partition coefficient (Wildman–Crippen LogP) is 4.77. The number of hydrogen-bond donors (Lipinski definition) is 1. The molecular formula is C18H16BrN3O2. The van der Waals surface area contributed by atoms with Gasteiger partial charge in [0.25, 0.3) is 0 Å². The Kier molecular flexibility index (Phi) is 4.66. The van der Waals surface area contributed by atoms with Crippen molar-refractivity contribution in [1.82, 2.24) is 9.78 Å². The molecule has 0 aliphatic heterocycles. The van der Waals surface area contributed by atoms with Gasteiger partial charge in [-0.15, -0.1) is 0 Å². The zero-order valence-electron chi connectivity index (χ0n) is 13.3. The van der Waals surface area contributed by atoms with Crippen LogP contribution >= 0.6 is 15.9 Å². The van der Waals surface area contributed by atoms with Crippen LogP contribution in [0.2, 0.25) is 0 Å². The van der Waals surface area contributed by atoms with E-state index in [0.717, 1.165) is 21.3 Å². The van der Waals surface area contributed by atoms with E-state index in [-0.39, 0.29) is 0 Å². The highest BCUT2D eigenvalue weighted by atomic mass is 79.9. The van der Waals surface area contributed by atoms with Gasteiger partial charge in [-0.25, -0.2) is 4.79 Å². The number of hydrogen-bond acceptors (Lipinski definition) is 3. The lowest BCUT2D eigenvalue weighted by Crippen LogP contribution is -2.16. The average Bonchev–Trinajstić information content (AvgIpc) is 2.89. The Morgan fingerprint density at radius 2 is 1.96 bits per heavy atom. The standard InChI is InChI=1S/C18H16BrN3O2/c1-12-6-8-15(9-7-12)24-18(23)21-14-5-3-4-13(10-14)17-16(19)11-20-22(17)2/h3-11H,1-2H3,(H,21,23). The summed E-state index contributed by atoms with van der Waals surface area (Å²) in [5.41, 5.74) is 3.63. The van der Waals surface area contributed by atoms with Crippen LogP contribution in [0.5, 0.6) is 5.75 Å². The van der Waals surface area contributed by atoms with Gasteiger partial charge in [0.2, 0.25) is 0 Å². The van der Waals surface area contributed by atoms with Crippen molar-refractivity contribution in [2.24, 2.45) is 7.05 Å². The van der Waals surface area contributed by atoms with E-state index in [0.29, 0.717) is 11.4 Å². The smallest absolute Gasteiger partial charge is 0.410 e. The summed E-state index contributed by atoms with van der Waals surface area (Å²) >= 11 is 3.48. The van der Waals surface area contributed by atoms with Crippen molar-refractivity contribution in [3.63, 3.8) is 0 Å². The van der Waals surface area contributed by atoms with Crippen molar-refractivity contribution in [2.45, 2.75) is 6.92 Å². The molecule has 0 spiro atoms. The normalized spacial score (nSPS) is 10.5. The monoisotopic (exact) mass is 385 g/mol. The fraction of sp³-hybridized carbons (Fsp3) is 0.111. The van der Waals surface area contributed by atoms with E-state index in [2.05, 4.69) is 26.3 Å². The summed E-state index contributed by atoms with van der Waals surface area (Å²) in [6, 6.07) is 14.8. The summed E-state index contributed by atoms with van der Waals surface area (Å²) in [6.07, 6.45) is 1.21. The molecule has 1 amide bonds. The zero-order chi connectivity index (χ0) is 17.1. The van der Waals surface area contributed by atoms with Gasteiger partial charge in [-0.2, -0.15) is 5.10 Å². The number of amides is 1. The van der Waals surface area contributed by atoms with Crippen LogP contribution < -0.4 is 10.1 Å². The summed E-state index contributed by atoms with van der Waals surface area (Å²) in [7, 11) is 1.87. The van der Waals surface area contributed by atoms with Crippen LogP contribution in [-0.4, -0.2) is 15.9 Å². The van der Waals surface area contributed by atoms with Gasteiger partial charge in [0.05, 0.1) is 16.4 Å². The molecule has 2 aromatic carbocycles. The summed E-state index contributed by atoms with van der Waals surface area (Å²) < 4.78 is 7.94. The maximum Gasteiger partial charge on any atom is 0.417 e. The maximum absolute atomic E-state index is 12.0. The van der Waals surface area contributed by atoms with Gasteiger partial charge in [-0.05, 0) is 47.1 Å². The molecule has 0 atom stereocenters. The first-order chi connectivity index (χ1) is 11.5. The third-order valence-corrected chi connectivity index (χ3v) is 4.09. The average molecular weight is 386 g/mol. The molecule has 1 heterocycles. The SMILES string of the molecule is Cc1ccc(OC(=O)Nc2cccc(-c3c(Br)cnn3C)c2)cc1. The fourth-order valence-electron chi connectivity index (χ4n) is 2.34. The van der Waals surface area contributed by atoms with Crippen LogP contribution in [0.3, 0.4) is 0 Å². The van der Waals surface area contributed by atoms with Crippen LogP contribution in [0.4, 0.5) is 10.5 Å². The van der Waals surface area contributed by atoms with Gasteiger partial charge >= 0.3 is 6.09 Å². The topological polar surface area (TPSA) is 56.1 Å². The number of aryl methyl sites for hydroxylation is 2. The lowest BCUT2D eigenvalue weighted by atomic mass is 10.1. The Hall–Kier alpha value is -2.60. The number of carbonyl (C=O) groups excluding carboxylic acids is 1. The molecule has 6 heteroatoms. The third kappa shape index (κ3) is 3.65. The number of halogens is 1. The van der Waals surface area contributed by atoms with Gasteiger partial charge < -0.3 is 4.74 Å². The highest BCUT2D eigenvalue weighted by Gasteiger charge is 2.11. The van der Waals surface area contributed by atoms with Gasteiger partial charge in [-0.1, -0.05) is 29.8 Å². The van der Waals surface area contributed by atoms with Gasteiger partial charge in [0, 0.05) is 18.3 Å². The van der Waals surface area contributed by atoms with E-state index < -0.39 is 6.09 Å². The molecule has 1 aromatic heterocycles. The molecule has 3 rings (SSSR count). The fourth-order valence-corrected chi connectivity index (χ4v) is 2.91. The molecular weight excluding hydrogens is 370 g/mol. The molecule has 0 bridgehead atoms. The Morgan fingerprint density at radius 1 is 1.21 bits per heavy atom. The van der Waals surface area contributed by atoms with E-state index in [9.17, 15) is 4.79 Å².